The average Bonchev–Trinajstić information content (AvgIpc) is 2.45. The maximum atomic E-state index is 12.0. The van der Waals surface area contributed by atoms with Crippen LogP contribution in [0.25, 0.3) is 0 Å². The monoisotopic (exact) mass is 294 g/mol. The van der Waals surface area contributed by atoms with Gasteiger partial charge in [-0.1, -0.05) is 6.07 Å². The molecule has 5 nitrogen and oxygen atoms in total. The summed E-state index contributed by atoms with van der Waals surface area (Å²) in [7, 11) is 3.49. The van der Waals surface area contributed by atoms with E-state index in [1.807, 2.05) is 46.0 Å². The van der Waals surface area contributed by atoms with Crippen LogP contribution in [0.5, 0.6) is 11.5 Å². The topological polar surface area (TPSA) is 59.6 Å². The summed E-state index contributed by atoms with van der Waals surface area (Å²) in [6.45, 7) is 7.62. The summed E-state index contributed by atoms with van der Waals surface area (Å²) in [5, 5.41) is 6.02. The molecule has 0 heterocycles. The lowest BCUT2D eigenvalue weighted by Crippen LogP contribution is -2.40. The molecule has 1 aromatic rings. The Morgan fingerprint density at radius 1 is 1.19 bits per heavy atom. The fourth-order valence-electron chi connectivity index (χ4n) is 1.90. The van der Waals surface area contributed by atoms with E-state index >= 15 is 0 Å². The van der Waals surface area contributed by atoms with Crippen molar-refractivity contribution >= 4 is 5.91 Å². The van der Waals surface area contributed by atoms with Crippen LogP contribution in [0, 0.1) is 0 Å². The summed E-state index contributed by atoms with van der Waals surface area (Å²) < 4.78 is 11.1. The second-order valence-corrected chi connectivity index (χ2v) is 5.34. The minimum Gasteiger partial charge on any atom is -0.497 e. The van der Waals surface area contributed by atoms with E-state index in [0.717, 1.165) is 5.56 Å². The molecule has 1 amide bonds. The van der Waals surface area contributed by atoms with Crippen LogP contribution < -0.4 is 20.1 Å². The molecule has 0 fully saturated rings. The molecule has 0 saturated carbocycles. The number of amides is 1. The van der Waals surface area contributed by atoms with Crippen molar-refractivity contribution in [2.75, 3.05) is 14.2 Å². The van der Waals surface area contributed by atoms with Crippen molar-refractivity contribution in [2.45, 2.75) is 45.9 Å². The zero-order chi connectivity index (χ0) is 16.0. The molecule has 0 radical (unpaired) electrons. The van der Waals surface area contributed by atoms with Gasteiger partial charge in [-0.15, -0.1) is 0 Å². The maximum Gasteiger partial charge on any atom is 0.260 e. The van der Waals surface area contributed by atoms with Crippen LogP contribution in [0.2, 0.25) is 0 Å². The summed E-state index contributed by atoms with van der Waals surface area (Å²) in [6.07, 6.45) is -0.567. The molecule has 0 bridgehead atoms. The standard InChI is InChI=1S/C16H26N2O3/c1-10(2)18-16(19)12(4)21-15-9-13(20-6)7-8-14(15)11(3)17-5/h7-12,17H,1-6H3,(H,18,19). The Kier molecular flexibility index (Phi) is 6.49. The van der Waals surface area contributed by atoms with Gasteiger partial charge in [-0.25, -0.2) is 0 Å². The summed E-state index contributed by atoms with van der Waals surface area (Å²) in [5.74, 6) is 1.23. The van der Waals surface area contributed by atoms with E-state index in [9.17, 15) is 4.79 Å². The maximum absolute atomic E-state index is 12.0. The fraction of sp³-hybridized carbons (Fsp3) is 0.562. The third-order valence-electron chi connectivity index (χ3n) is 3.22. The van der Waals surface area contributed by atoms with Crippen molar-refractivity contribution in [3.8, 4) is 11.5 Å². The van der Waals surface area contributed by atoms with Gasteiger partial charge in [0.15, 0.2) is 6.10 Å². The number of methoxy groups -OCH3 is 1. The Hall–Kier alpha value is -1.75. The largest absolute Gasteiger partial charge is 0.497 e. The molecule has 0 spiro atoms. The number of hydrogen-bond donors (Lipinski definition) is 2. The quantitative estimate of drug-likeness (QED) is 0.810. The van der Waals surface area contributed by atoms with Crippen molar-refractivity contribution in [1.29, 1.82) is 0 Å². The summed E-state index contributed by atoms with van der Waals surface area (Å²) in [4.78, 5) is 12.0. The molecule has 0 saturated heterocycles. The summed E-state index contributed by atoms with van der Waals surface area (Å²) in [6, 6.07) is 5.84. The van der Waals surface area contributed by atoms with Gasteiger partial charge in [0.2, 0.25) is 0 Å². The lowest BCUT2D eigenvalue weighted by molar-refractivity contribution is -0.127. The van der Waals surface area contributed by atoms with Crippen molar-refractivity contribution in [1.82, 2.24) is 10.6 Å². The molecule has 2 atom stereocenters. The highest BCUT2D eigenvalue weighted by atomic mass is 16.5. The normalized spacial score (nSPS) is 13.7. The van der Waals surface area contributed by atoms with Gasteiger partial charge < -0.3 is 20.1 Å². The smallest absolute Gasteiger partial charge is 0.260 e. The number of benzene rings is 1. The highest BCUT2D eigenvalue weighted by Gasteiger charge is 2.19. The Bertz CT molecular complexity index is 475. The Morgan fingerprint density at radius 3 is 2.38 bits per heavy atom. The van der Waals surface area contributed by atoms with Crippen LogP contribution in [-0.4, -0.2) is 32.2 Å². The first-order valence-electron chi connectivity index (χ1n) is 7.21. The van der Waals surface area contributed by atoms with E-state index in [1.54, 1.807) is 14.0 Å². The van der Waals surface area contributed by atoms with Crippen LogP contribution in [0.4, 0.5) is 0 Å². The second-order valence-electron chi connectivity index (χ2n) is 5.34. The van der Waals surface area contributed by atoms with Gasteiger partial charge in [0.25, 0.3) is 5.91 Å². The van der Waals surface area contributed by atoms with Crippen LogP contribution in [-0.2, 0) is 4.79 Å². The van der Waals surface area contributed by atoms with Gasteiger partial charge in [0, 0.05) is 23.7 Å². The number of hydrogen-bond acceptors (Lipinski definition) is 4. The van der Waals surface area contributed by atoms with E-state index in [0.29, 0.717) is 11.5 Å². The minimum absolute atomic E-state index is 0.0876. The van der Waals surface area contributed by atoms with E-state index < -0.39 is 6.10 Å². The van der Waals surface area contributed by atoms with Gasteiger partial charge in [-0.3, -0.25) is 4.79 Å². The Balaban J connectivity index is 2.96. The minimum atomic E-state index is -0.567. The van der Waals surface area contributed by atoms with Crippen molar-refractivity contribution in [3.63, 3.8) is 0 Å². The molecule has 0 aliphatic rings. The third kappa shape index (κ3) is 4.93. The molecule has 5 heteroatoms. The van der Waals surface area contributed by atoms with Crippen molar-refractivity contribution < 1.29 is 14.3 Å². The highest BCUT2D eigenvalue weighted by molar-refractivity contribution is 5.81. The van der Waals surface area contributed by atoms with Gasteiger partial charge in [0.05, 0.1) is 7.11 Å². The van der Waals surface area contributed by atoms with Gasteiger partial charge in [-0.2, -0.15) is 0 Å². The zero-order valence-corrected chi connectivity index (χ0v) is 13.7. The molecule has 1 rings (SSSR count). The number of ether oxygens (including phenoxy) is 2. The first-order valence-corrected chi connectivity index (χ1v) is 7.21. The van der Waals surface area contributed by atoms with Crippen LogP contribution >= 0.6 is 0 Å². The second kappa shape index (κ2) is 7.88. The SMILES string of the molecule is CNC(C)c1ccc(OC)cc1OC(C)C(=O)NC(C)C. The van der Waals surface area contributed by atoms with E-state index in [2.05, 4.69) is 10.6 Å². The Morgan fingerprint density at radius 2 is 1.86 bits per heavy atom. The molecule has 0 aliphatic carbocycles. The van der Waals surface area contributed by atoms with Crippen LogP contribution in [0.1, 0.15) is 39.3 Å². The van der Waals surface area contributed by atoms with E-state index in [4.69, 9.17) is 9.47 Å². The van der Waals surface area contributed by atoms with Crippen LogP contribution in [0.15, 0.2) is 18.2 Å². The average molecular weight is 294 g/mol. The molecule has 0 aliphatic heterocycles. The number of nitrogens with one attached hydrogen (secondary N) is 2. The van der Waals surface area contributed by atoms with Gasteiger partial charge in [0.1, 0.15) is 11.5 Å². The molecular weight excluding hydrogens is 268 g/mol. The van der Waals surface area contributed by atoms with Gasteiger partial charge in [-0.05, 0) is 40.8 Å². The highest BCUT2D eigenvalue weighted by Crippen LogP contribution is 2.30. The summed E-state index contributed by atoms with van der Waals surface area (Å²) in [5.41, 5.74) is 0.988. The van der Waals surface area contributed by atoms with Crippen LogP contribution in [0.3, 0.4) is 0 Å². The number of carbonyl (C=O) groups is 1. The number of rotatable bonds is 7. The predicted molar refractivity (Wildman–Crippen MR) is 83.8 cm³/mol. The molecule has 2 N–H and O–H groups in total. The van der Waals surface area contributed by atoms with E-state index in [-0.39, 0.29) is 18.0 Å². The fourth-order valence-corrected chi connectivity index (χ4v) is 1.90. The molecule has 118 valence electrons. The first kappa shape index (κ1) is 17.3. The zero-order valence-electron chi connectivity index (χ0n) is 13.7. The molecule has 0 aromatic heterocycles. The molecular formula is C16H26N2O3. The predicted octanol–water partition coefficient (Wildman–Crippen LogP) is 2.27. The Labute approximate surface area is 127 Å². The van der Waals surface area contributed by atoms with Gasteiger partial charge >= 0.3 is 0 Å². The first-order chi connectivity index (χ1) is 9.88. The summed E-state index contributed by atoms with van der Waals surface area (Å²) >= 11 is 0. The lowest BCUT2D eigenvalue weighted by atomic mass is 10.1. The molecule has 21 heavy (non-hydrogen) atoms. The third-order valence-corrected chi connectivity index (χ3v) is 3.22. The molecule has 1 aromatic carbocycles. The van der Waals surface area contributed by atoms with Crippen molar-refractivity contribution in [3.05, 3.63) is 23.8 Å². The lowest BCUT2D eigenvalue weighted by Gasteiger charge is -2.21. The number of carbonyl (C=O) groups excluding carboxylic acids is 1. The van der Waals surface area contributed by atoms with Crippen molar-refractivity contribution in [2.24, 2.45) is 0 Å². The molecule has 2 unspecified atom stereocenters. The van der Waals surface area contributed by atoms with E-state index in [1.165, 1.54) is 0 Å².